The number of aryl methyl sites for hydroxylation is 1. The van der Waals surface area contributed by atoms with Gasteiger partial charge in [0.15, 0.2) is 0 Å². The highest BCUT2D eigenvalue weighted by atomic mass is 32.2. The van der Waals surface area contributed by atoms with E-state index in [1.165, 1.54) is 12.1 Å². The number of amides is 2. The average molecular weight is 363 g/mol. The van der Waals surface area contributed by atoms with E-state index in [0.29, 0.717) is 18.5 Å². The van der Waals surface area contributed by atoms with Crippen LogP contribution in [0.1, 0.15) is 32.3 Å². The number of rotatable bonds is 3. The summed E-state index contributed by atoms with van der Waals surface area (Å²) in [6.07, 6.45) is 0.653. The lowest BCUT2D eigenvalue weighted by Crippen LogP contribution is -2.56. The smallest absolute Gasteiger partial charge is 0.266 e. The normalized spacial score (nSPS) is 21.6. The number of hydrogen-bond acceptors (Lipinski definition) is 4. The number of carbonyl (C=O) groups is 2. The Morgan fingerprint density at radius 1 is 1.00 bits per heavy atom. The van der Waals surface area contributed by atoms with Crippen molar-refractivity contribution in [1.82, 2.24) is 14.7 Å². The van der Waals surface area contributed by atoms with Gasteiger partial charge in [-0.1, -0.05) is 17.7 Å². The van der Waals surface area contributed by atoms with Gasteiger partial charge < -0.3 is 4.90 Å². The molecule has 1 fully saturated rings. The van der Waals surface area contributed by atoms with E-state index in [1.807, 2.05) is 6.92 Å². The Hall–Kier alpha value is -2.19. The van der Waals surface area contributed by atoms with E-state index in [0.717, 1.165) is 17.0 Å². The minimum absolute atomic E-state index is 0.0735. The molecular formula is C17H21N3O4S. The summed E-state index contributed by atoms with van der Waals surface area (Å²) in [5.41, 5.74) is 1.55. The van der Waals surface area contributed by atoms with Crippen LogP contribution >= 0.6 is 0 Å². The van der Waals surface area contributed by atoms with Crippen LogP contribution in [0.25, 0.3) is 0 Å². The van der Waals surface area contributed by atoms with Gasteiger partial charge in [0, 0.05) is 17.7 Å². The van der Waals surface area contributed by atoms with Gasteiger partial charge in [-0.25, -0.2) is 13.4 Å². The first-order valence-corrected chi connectivity index (χ1v) is 9.62. The molecule has 2 aliphatic rings. The van der Waals surface area contributed by atoms with Crippen molar-refractivity contribution in [2.24, 2.45) is 0 Å². The number of sulfonamides is 1. The second-order valence-corrected chi connectivity index (χ2v) is 8.12. The van der Waals surface area contributed by atoms with Crippen LogP contribution in [-0.4, -0.2) is 42.9 Å². The summed E-state index contributed by atoms with van der Waals surface area (Å²) in [7, 11) is -3.93. The zero-order chi connectivity index (χ0) is 18.4. The molecule has 1 unspecified atom stereocenters. The number of hydrogen-bond donors (Lipinski definition) is 1. The molecule has 0 saturated carbocycles. The summed E-state index contributed by atoms with van der Waals surface area (Å²) in [6, 6.07) is 6.37. The number of benzene rings is 1. The number of nitrogens with zero attached hydrogens (tertiary/aromatic N) is 2. The van der Waals surface area contributed by atoms with Crippen molar-refractivity contribution in [2.75, 3.05) is 6.54 Å². The summed E-state index contributed by atoms with van der Waals surface area (Å²) >= 11 is 0. The molecule has 1 atom stereocenters. The fourth-order valence-electron chi connectivity index (χ4n) is 3.11. The van der Waals surface area contributed by atoms with Crippen LogP contribution in [-0.2, 0) is 19.6 Å². The standard InChI is InChI=1S/C17H21N3O4S/c1-11-6-8-14(9-7-11)25(23,24)18-20-15-5-4-10-19(15)16(21)12(2)13(3)17(20)22/h6-9,15,18H,4-5,10H2,1-3H3. The second kappa shape index (κ2) is 6.27. The molecule has 3 rings (SSSR count). The average Bonchev–Trinajstić information content (AvgIpc) is 3.04. The molecule has 134 valence electrons. The Labute approximate surface area is 147 Å². The van der Waals surface area contributed by atoms with E-state index in [1.54, 1.807) is 30.9 Å². The molecule has 0 radical (unpaired) electrons. The molecule has 1 N–H and O–H groups in total. The van der Waals surface area contributed by atoms with Crippen LogP contribution in [0, 0.1) is 6.92 Å². The predicted octanol–water partition coefficient (Wildman–Crippen LogP) is 1.32. The summed E-state index contributed by atoms with van der Waals surface area (Å²) in [6.45, 7) is 5.51. The lowest BCUT2D eigenvalue weighted by Gasteiger charge is -2.32. The van der Waals surface area contributed by atoms with Crippen LogP contribution in [0.15, 0.2) is 40.3 Å². The zero-order valence-corrected chi connectivity index (χ0v) is 15.3. The minimum Gasteiger partial charge on any atom is -0.317 e. The number of hydrazine groups is 1. The summed E-state index contributed by atoms with van der Waals surface area (Å²) in [5, 5.41) is 1.09. The van der Waals surface area contributed by atoms with Crippen LogP contribution in [0.4, 0.5) is 0 Å². The van der Waals surface area contributed by atoms with Gasteiger partial charge in [0.25, 0.3) is 21.8 Å². The van der Waals surface area contributed by atoms with Gasteiger partial charge in [0.05, 0.1) is 4.90 Å². The van der Waals surface area contributed by atoms with Crippen molar-refractivity contribution in [3.63, 3.8) is 0 Å². The van der Waals surface area contributed by atoms with Crippen LogP contribution in [0.2, 0.25) is 0 Å². The quantitative estimate of drug-likeness (QED) is 0.877. The van der Waals surface area contributed by atoms with Crippen molar-refractivity contribution in [1.29, 1.82) is 0 Å². The first-order valence-electron chi connectivity index (χ1n) is 8.13. The zero-order valence-electron chi connectivity index (χ0n) is 14.4. The van der Waals surface area contributed by atoms with E-state index in [4.69, 9.17) is 0 Å². The molecule has 8 heteroatoms. The highest BCUT2D eigenvalue weighted by molar-refractivity contribution is 7.89. The lowest BCUT2D eigenvalue weighted by atomic mass is 10.1. The second-order valence-electron chi connectivity index (χ2n) is 6.45. The Kier molecular flexibility index (Phi) is 4.42. The Balaban J connectivity index is 1.98. The topological polar surface area (TPSA) is 86.8 Å². The van der Waals surface area contributed by atoms with E-state index >= 15 is 0 Å². The van der Waals surface area contributed by atoms with Gasteiger partial charge in [0.2, 0.25) is 0 Å². The van der Waals surface area contributed by atoms with Gasteiger partial charge in [-0.15, -0.1) is 4.83 Å². The Morgan fingerprint density at radius 3 is 2.24 bits per heavy atom. The molecule has 0 spiro atoms. The van der Waals surface area contributed by atoms with E-state index < -0.39 is 22.1 Å². The monoisotopic (exact) mass is 363 g/mol. The molecule has 1 aromatic carbocycles. The van der Waals surface area contributed by atoms with Crippen molar-refractivity contribution in [3.8, 4) is 0 Å². The maximum atomic E-state index is 12.8. The predicted molar refractivity (Wildman–Crippen MR) is 91.5 cm³/mol. The van der Waals surface area contributed by atoms with Crippen molar-refractivity contribution >= 4 is 21.8 Å². The van der Waals surface area contributed by atoms with Crippen LogP contribution in [0.5, 0.6) is 0 Å². The molecule has 1 aromatic rings. The third-order valence-corrected chi connectivity index (χ3v) is 6.08. The maximum Gasteiger partial charge on any atom is 0.266 e. The number of carbonyl (C=O) groups excluding carboxylic acids is 2. The Morgan fingerprint density at radius 2 is 1.60 bits per heavy atom. The van der Waals surface area contributed by atoms with Gasteiger partial charge in [-0.05, 0) is 45.7 Å². The van der Waals surface area contributed by atoms with Crippen LogP contribution < -0.4 is 4.83 Å². The fourth-order valence-corrected chi connectivity index (χ4v) is 4.17. The van der Waals surface area contributed by atoms with Gasteiger partial charge in [-0.3, -0.25) is 9.59 Å². The lowest BCUT2D eigenvalue weighted by molar-refractivity contribution is -0.138. The molecule has 2 heterocycles. The molecule has 0 aromatic heterocycles. The molecule has 0 bridgehead atoms. The van der Waals surface area contributed by atoms with Gasteiger partial charge >= 0.3 is 0 Å². The van der Waals surface area contributed by atoms with Crippen molar-refractivity contribution in [3.05, 3.63) is 41.0 Å². The number of nitrogens with one attached hydrogen (secondary N) is 1. The summed E-state index contributed by atoms with van der Waals surface area (Å²) < 4.78 is 25.4. The molecular weight excluding hydrogens is 342 g/mol. The summed E-state index contributed by atoms with van der Waals surface area (Å²) in [4.78, 5) is 29.3. The highest BCUT2D eigenvalue weighted by Gasteiger charge is 2.42. The maximum absolute atomic E-state index is 12.8. The van der Waals surface area contributed by atoms with E-state index in [2.05, 4.69) is 4.83 Å². The van der Waals surface area contributed by atoms with Gasteiger partial charge in [0.1, 0.15) is 6.17 Å². The molecule has 25 heavy (non-hydrogen) atoms. The van der Waals surface area contributed by atoms with Gasteiger partial charge in [-0.2, -0.15) is 0 Å². The van der Waals surface area contributed by atoms with E-state index in [9.17, 15) is 18.0 Å². The number of fused-ring (bicyclic) bond motifs is 1. The highest BCUT2D eigenvalue weighted by Crippen LogP contribution is 2.28. The van der Waals surface area contributed by atoms with Crippen molar-refractivity contribution < 1.29 is 18.0 Å². The fraction of sp³-hybridized carbons (Fsp3) is 0.412. The SMILES string of the molecule is CC1=C(C)C(=O)N(NS(=O)(=O)c2ccc(C)cc2)C2CCCN2C1=O. The third kappa shape index (κ3) is 3.07. The van der Waals surface area contributed by atoms with E-state index in [-0.39, 0.29) is 16.4 Å². The third-order valence-electron chi connectivity index (χ3n) is 4.75. The van der Waals surface area contributed by atoms with Crippen molar-refractivity contribution in [2.45, 2.75) is 44.7 Å². The Bertz CT molecular complexity index is 858. The molecule has 2 aliphatic heterocycles. The molecule has 1 saturated heterocycles. The largest absolute Gasteiger partial charge is 0.317 e. The first-order chi connectivity index (χ1) is 11.7. The van der Waals surface area contributed by atoms with Crippen LogP contribution in [0.3, 0.4) is 0 Å². The summed E-state index contributed by atoms with van der Waals surface area (Å²) in [5.74, 6) is -0.707. The first kappa shape index (κ1) is 17.6. The molecule has 7 nitrogen and oxygen atoms in total. The molecule has 0 aliphatic carbocycles. The molecule has 2 amide bonds. The minimum atomic E-state index is -3.93.